The molecule has 0 aliphatic heterocycles. The van der Waals surface area contributed by atoms with E-state index in [1.165, 1.54) is 24.8 Å². The van der Waals surface area contributed by atoms with Gasteiger partial charge >= 0.3 is 0 Å². The van der Waals surface area contributed by atoms with E-state index in [0.717, 1.165) is 5.92 Å². The van der Waals surface area contributed by atoms with E-state index in [9.17, 15) is 0 Å². The first-order valence-corrected chi connectivity index (χ1v) is 4.75. The van der Waals surface area contributed by atoms with E-state index < -0.39 is 0 Å². The molecule has 12 heavy (non-hydrogen) atoms. The van der Waals surface area contributed by atoms with Crippen molar-refractivity contribution in [2.75, 3.05) is 0 Å². The maximum Gasteiger partial charge on any atom is -0.0248 e. The molecule has 66 valence electrons. The molecule has 0 bridgehead atoms. The molecule has 1 aliphatic carbocycles. The van der Waals surface area contributed by atoms with Crippen LogP contribution in [0.25, 0.3) is 0 Å². The van der Waals surface area contributed by atoms with Gasteiger partial charge in [0.25, 0.3) is 0 Å². The second-order valence-electron chi connectivity index (χ2n) is 3.58. The van der Waals surface area contributed by atoms with Crippen molar-refractivity contribution in [3.63, 3.8) is 0 Å². The minimum absolute atomic E-state index is 0.898. The van der Waals surface area contributed by atoms with Crippen LogP contribution in [0.2, 0.25) is 0 Å². The third-order valence-electron chi connectivity index (χ3n) is 2.66. The van der Waals surface area contributed by atoms with Gasteiger partial charge in [0.05, 0.1) is 0 Å². The largest absolute Gasteiger partial charge is 0.0991 e. The topological polar surface area (TPSA) is 0 Å². The third kappa shape index (κ3) is 2.10. The Morgan fingerprint density at radius 1 is 1.50 bits per heavy atom. The minimum Gasteiger partial charge on any atom is -0.0991 e. The van der Waals surface area contributed by atoms with E-state index in [-0.39, 0.29) is 0 Å². The first kappa shape index (κ1) is 9.31. The summed E-state index contributed by atoms with van der Waals surface area (Å²) in [6, 6.07) is 0. The third-order valence-corrected chi connectivity index (χ3v) is 2.66. The summed E-state index contributed by atoms with van der Waals surface area (Å²) in [6.45, 7) is 8.20. The van der Waals surface area contributed by atoms with Crippen LogP contribution in [-0.2, 0) is 0 Å². The van der Waals surface area contributed by atoms with Crippen molar-refractivity contribution >= 4 is 0 Å². The Morgan fingerprint density at radius 3 is 2.75 bits per heavy atom. The molecule has 1 rings (SSSR count). The molecule has 1 aliphatic rings. The van der Waals surface area contributed by atoms with E-state index in [0.29, 0.717) is 0 Å². The molecule has 0 aromatic rings. The van der Waals surface area contributed by atoms with Gasteiger partial charge in [-0.2, -0.15) is 0 Å². The van der Waals surface area contributed by atoms with Crippen LogP contribution in [0.5, 0.6) is 0 Å². The molecule has 0 radical (unpaired) electrons. The van der Waals surface area contributed by atoms with E-state index in [4.69, 9.17) is 0 Å². The van der Waals surface area contributed by atoms with Crippen LogP contribution >= 0.6 is 0 Å². The highest BCUT2D eigenvalue weighted by molar-refractivity contribution is 5.31. The van der Waals surface area contributed by atoms with Gasteiger partial charge in [0, 0.05) is 0 Å². The van der Waals surface area contributed by atoms with Crippen LogP contribution in [0.3, 0.4) is 0 Å². The lowest BCUT2D eigenvalue weighted by Crippen LogP contribution is -1.90. The molecule has 0 heterocycles. The molecule has 0 saturated heterocycles. The molecule has 1 unspecified atom stereocenters. The van der Waals surface area contributed by atoms with Crippen molar-refractivity contribution in [3.05, 3.63) is 36.0 Å². The first-order chi connectivity index (χ1) is 5.77. The summed E-state index contributed by atoms with van der Waals surface area (Å²) < 4.78 is 0. The van der Waals surface area contributed by atoms with E-state index >= 15 is 0 Å². The number of allylic oxidation sites excluding steroid dienone is 5. The Hall–Kier alpha value is -0.780. The molecule has 0 heteroatoms. The van der Waals surface area contributed by atoms with Crippen molar-refractivity contribution in [1.29, 1.82) is 0 Å². The molecular weight excluding hydrogens is 144 g/mol. The number of hydrogen-bond donors (Lipinski definition) is 0. The highest BCUT2D eigenvalue weighted by atomic mass is 14.2. The van der Waals surface area contributed by atoms with Crippen LogP contribution < -0.4 is 0 Å². The summed E-state index contributed by atoms with van der Waals surface area (Å²) in [4.78, 5) is 0. The van der Waals surface area contributed by atoms with Crippen molar-refractivity contribution in [3.8, 4) is 0 Å². The standard InChI is InChI=1S/C12H18/c1-4-6-7-12-9-11(5-2)8-10(12)3/h4,6-7,11H,1,5,8-9H2,2-3H3/b7-6-. The lowest BCUT2D eigenvalue weighted by atomic mass is 10.0. The summed E-state index contributed by atoms with van der Waals surface area (Å²) in [7, 11) is 0. The second-order valence-corrected chi connectivity index (χ2v) is 3.58. The summed E-state index contributed by atoms with van der Waals surface area (Å²) >= 11 is 0. The van der Waals surface area contributed by atoms with Gasteiger partial charge in [-0.05, 0) is 31.3 Å². The summed E-state index contributed by atoms with van der Waals surface area (Å²) in [5, 5.41) is 0. The average molecular weight is 162 g/mol. The smallest absolute Gasteiger partial charge is 0.0248 e. The molecule has 0 amide bonds. The summed E-state index contributed by atoms with van der Waals surface area (Å²) in [6.07, 6.45) is 9.97. The Balaban J connectivity index is 2.59. The van der Waals surface area contributed by atoms with Crippen molar-refractivity contribution in [1.82, 2.24) is 0 Å². The van der Waals surface area contributed by atoms with Crippen molar-refractivity contribution < 1.29 is 0 Å². The highest BCUT2D eigenvalue weighted by Gasteiger charge is 2.17. The number of hydrogen-bond acceptors (Lipinski definition) is 0. The van der Waals surface area contributed by atoms with Gasteiger partial charge in [-0.25, -0.2) is 0 Å². The first-order valence-electron chi connectivity index (χ1n) is 4.75. The maximum atomic E-state index is 3.68. The predicted octanol–water partition coefficient (Wildman–Crippen LogP) is 3.87. The van der Waals surface area contributed by atoms with E-state index in [1.807, 2.05) is 12.2 Å². The fourth-order valence-corrected chi connectivity index (χ4v) is 1.80. The van der Waals surface area contributed by atoms with E-state index in [1.54, 1.807) is 5.57 Å². The molecule has 0 saturated carbocycles. The van der Waals surface area contributed by atoms with Gasteiger partial charge in [0.15, 0.2) is 0 Å². The van der Waals surface area contributed by atoms with Crippen LogP contribution in [0.4, 0.5) is 0 Å². The Morgan fingerprint density at radius 2 is 2.25 bits per heavy atom. The molecule has 1 atom stereocenters. The molecular formula is C12H18. The van der Waals surface area contributed by atoms with Gasteiger partial charge in [0.1, 0.15) is 0 Å². The maximum absolute atomic E-state index is 3.68. The lowest BCUT2D eigenvalue weighted by Gasteiger charge is -2.03. The van der Waals surface area contributed by atoms with Gasteiger partial charge < -0.3 is 0 Å². The average Bonchev–Trinajstić information content (AvgIpc) is 2.43. The van der Waals surface area contributed by atoms with Gasteiger partial charge in [-0.1, -0.05) is 43.7 Å². The molecule has 0 aromatic carbocycles. The zero-order valence-electron chi connectivity index (χ0n) is 8.14. The van der Waals surface area contributed by atoms with Gasteiger partial charge in [0.2, 0.25) is 0 Å². The zero-order valence-corrected chi connectivity index (χ0v) is 8.14. The van der Waals surface area contributed by atoms with Crippen molar-refractivity contribution in [2.24, 2.45) is 5.92 Å². The Bertz CT molecular complexity index is 218. The molecule has 0 N–H and O–H groups in total. The normalized spacial score (nSPS) is 24.0. The van der Waals surface area contributed by atoms with Crippen LogP contribution in [-0.4, -0.2) is 0 Å². The fraction of sp³-hybridized carbons (Fsp3) is 0.500. The molecule has 0 fully saturated rings. The molecule has 0 spiro atoms. The molecule has 0 nitrogen and oxygen atoms in total. The summed E-state index contributed by atoms with van der Waals surface area (Å²) in [5.41, 5.74) is 3.10. The Kier molecular flexibility index (Phi) is 3.33. The van der Waals surface area contributed by atoms with Crippen LogP contribution in [0, 0.1) is 5.92 Å². The number of rotatable bonds is 3. The molecule has 0 aromatic heterocycles. The quantitative estimate of drug-likeness (QED) is 0.553. The Labute approximate surface area is 75.7 Å². The van der Waals surface area contributed by atoms with Gasteiger partial charge in [-0.15, -0.1) is 0 Å². The SMILES string of the molecule is C=C/C=C\C1=C(C)CC(CC)C1. The van der Waals surface area contributed by atoms with E-state index in [2.05, 4.69) is 26.5 Å². The highest BCUT2D eigenvalue weighted by Crippen LogP contribution is 2.33. The predicted molar refractivity (Wildman–Crippen MR) is 55.1 cm³/mol. The lowest BCUT2D eigenvalue weighted by molar-refractivity contribution is 0.539. The van der Waals surface area contributed by atoms with Crippen molar-refractivity contribution in [2.45, 2.75) is 33.1 Å². The minimum atomic E-state index is 0.898. The second kappa shape index (κ2) is 4.30. The van der Waals surface area contributed by atoms with Crippen LogP contribution in [0.1, 0.15) is 33.1 Å². The van der Waals surface area contributed by atoms with Gasteiger partial charge in [-0.3, -0.25) is 0 Å². The zero-order chi connectivity index (χ0) is 8.97. The monoisotopic (exact) mass is 162 g/mol. The fourth-order valence-electron chi connectivity index (χ4n) is 1.80. The van der Waals surface area contributed by atoms with Crippen LogP contribution in [0.15, 0.2) is 36.0 Å². The summed E-state index contributed by atoms with van der Waals surface area (Å²) in [5.74, 6) is 0.898.